The topological polar surface area (TPSA) is 62.6 Å². The molecule has 1 aromatic heterocycles. The molecule has 0 spiro atoms. The first-order chi connectivity index (χ1) is 12.2. The van der Waals surface area contributed by atoms with Gasteiger partial charge < -0.3 is 14.0 Å². The lowest BCUT2D eigenvalue weighted by Gasteiger charge is -2.32. The van der Waals surface area contributed by atoms with Crippen LogP contribution in [-0.2, 0) is 15.9 Å². The Bertz CT molecular complexity index is 814. The van der Waals surface area contributed by atoms with Crippen LogP contribution in [0.1, 0.15) is 33.4 Å². The van der Waals surface area contributed by atoms with Crippen molar-refractivity contribution in [2.24, 2.45) is 0 Å². The van der Waals surface area contributed by atoms with Gasteiger partial charge in [0.25, 0.3) is 5.56 Å². The molecule has 1 saturated heterocycles. The minimum atomic E-state index is -0.385. The van der Waals surface area contributed by atoms with Gasteiger partial charge in [0.2, 0.25) is 0 Å². The fourth-order valence-electron chi connectivity index (χ4n) is 2.66. The molecule has 7 heteroatoms. The highest BCUT2D eigenvalue weighted by Crippen LogP contribution is 2.36. The number of hydrogen-bond acceptors (Lipinski definition) is 5. The third-order valence-electron chi connectivity index (χ3n) is 4.98. The largest absolute Gasteiger partial charge is 0.494 e. The summed E-state index contributed by atoms with van der Waals surface area (Å²) >= 11 is 0. The molecule has 0 radical (unpaired) electrons. The maximum absolute atomic E-state index is 11.7. The van der Waals surface area contributed by atoms with Gasteiger partial charge in [0.1, 0.15) is 12.4 Å². The van der Waals surface area contributed by atoms with Gasteiger partial charge in [-0.05, 0) is 58.3 Å². The van der Waals surface area contributed by atoms with Gasteiger partial charge in [-0.15, -0.1) is 0 Å². The molecular weight excluding hydrogens is 331 g/mol. The summed E-state index contributed by atoms with van der Waals surface area (Å²) in [6.07, 6.45) is 0. The van der Waals surface area contributed by atoms with E-state index < -0.39 is 0 Å². The van der Waals surface area contributed by atoms with E-state index in [1.54, 1.807) is 6.07 Å². The Hall–Kier alpha value is -2.12. The van der Waals surface area contributed by atoms with Gasteiger partial charge in [0.05, 0.1) is 23.4 Å². The normalized spacial score (nSPS) is 18.1. The fourth-order valence-corrected chi connectivity index (χ4v) is 2.66. The molecule has 6 nitrogen and oxygen atoms in total. The van der Waals surface area contributed by atoms with E-state index in [1.807, 2.05) is 58.9 Å². The van der Waals surface area contributed by atoms with E-state index >= 15 is 0 Å². The van der Waals surface area contributed by atoms with Crippen molar-refractivity contribution in [3.63, 3.8) is 0 Å². The Morgan fingerprint density at radius 3 is 2.27 bits per heavy atom. The van der Waals surface area contributed by atoms with Crippen LogP contribution in [0.4, 0.5) is 0 Å². The SMILES string of the molecule is Cc1ccc(=O)n(CCOc2ccc(B3OC(C)(C)C(C)(C)O3)cc2)n1. The minimum absolute atomic E-state index is 0.129. The molecule has 0 saturated carbocycles. The summed E-state index contributed by atoms with van der Waals surface area (Å²) in [4.78, 5) is 11.7. The van der Waals surface area contributed by atoms with Crippen LogP contribution in [0.25, 0.3) is 0 Å². The smallest absolute Gasteiger partial charge is 0.492 e. The maximum atomic E-state index is 11.7. The van der Waals surface area contributed by atoms with Crippen molar-refractivity contribution in [1.29, 1.82) is 0 Å². The van der Waals surface area contributed by atoms with Crippen LogP contribution in [0.2, 0.25) is 0 Å². The van der Waals surface area contributed by atoms with Gasteiger partial charge in [-0.3, -0.25) is 4.79 Å². The van der Waals surface area contributed by atoms with Crippen molar-refractivity contribution in [1.82, 2.24) is 9.78 Å². The molecule has 2 aromatic rings. The standard InChI is InChI=1S/C19H25BN2O4/c1-14-6-11-17(23)22(21-14)12-13-24-16-9-7-15(8-10-16)20-25-18(2,3)19(4,5)26-20/h6-11H,12-13H2,1-5H3. The lowest BCUT2D eigenvalue weighted by molar-refractivity contribution is 0.00578. The van der Waals surface area contributed by atoms with Crippen LogP contribution in [0.3, 0.4) is 0 Å². The Labute approximate surface area is 154 Å². The highest BCUT2D eigenvalue weighted by molar-refractivity contribution is 6.62. The highest BCUT2D eigenvalue weighted by atomic mass is 16.7. The lowest BCUT2D eigenvalue weighted by atomic mass is 9.79. The zero-order chi connectivity index (χ0) is 18.9. The number of rotatable bonds is 5. The predicted molar refractivity (Wildman–Crippen MR) is 101 cm³/mol. The van der Waals surface area contributed by atoms with E-state index in [9.17, 15) is 4.79 Å². The molecule has 2 heterocycles. The molecule has 26 heavy (non-hydrogen) atoms. The summed E-state index contributed by atoms with van der Waals surface area (Å²) in [6, 6.07) is 10.9. The summed E-state index contributed by atoms with van der Waals surface area (Å²) in [5.41, 5.74) is 0.904. The lowest BCUT2D eigenvalue weighted by Crippen LogP contribution is -2.41. The number of benzene rings is 1. The van der Waals surface area contributed by atoms with Crippen LogP contribution < -0.4 is 15.8 Å². The summed E-state index contributed by atoms with van der Waals surface area (Å²) in [5.74, 6) is 0.728. The third kappa shape index (κ3) is 3.84. The number of hydrogen-bond donors (Lipinski definition) is 0. The predicted octanol–water partition coefficient (Wildman–Crippen LogP) is 1.93. The van der Waals surface area contributed by atoms with Gasteiger partial charge in [-0.25, -0.2) is 4.68 Å². The van der Waals surface area contributed by atoms with E-state index in [2.05, 4.69) is 5.10 Å². The molecule has 1 aromatic carbocycles. The van der Waals surface area contributed by atoms with Gasteiger partial charge >= 0.3 is 7.12 Å². The van der Waals surface area contributed by atoms with Crippen molar-refractivity contribution in [3.05, 3.63) is 52.4 Å². The Balaban J connectivity index is 1.59. The zero-order valence-corrected chi connectivity index (χ0v) is 16.0. The quantitative estimate of drug-likeness (QED) is 0.766. The first-order valence-corrected chi connectivity index (χ1v) is 8.81. The van der Waals surface area contributed by atoms with Gasteiger partial charge in [0.15, 0.2) is 0 Å². The Kier molecular flexibility index (Phi) is 4.95. The molecule has 0 bridgehead atoms. The first-order valence-electron chi connectivity index (χ1n) is 8.81. The van der Waals surface area contributed by atoms with Gasteiger partial charge in [-0.2, -0.15) is 5.10 Å². The Morgan fingerprint density at radius 1 is 1.04 bits per heavy atom. The van der Waals surface area contributed by atoms with E-state index in [-0.39, 0.29) is 23.9 Å². The molecule has 1 aliphatic rings. The summed E-state index contributed by atoms with van der Waals surface area (Å²) in [7, 11) is -0.385. The molecule has 0 amide bonds. The second-order valence-corrected chi connectivity index (χ2v) is 7.54. The monoisotopic (exact) mass is 356 g/mol. The molecule has 138 valence electrons. The van der Waals surface area contributed by atoms with Crippen LogP contribution in [0, 0.1) is 6.92 Å². The summed E-state index contributed by atoms with van der Waals surface area (Å²) < 4.78 is 19.2. The molecular formula is C19H25BN2O4. The van der Waals surface area contributed by atoms with Crippen LogP contribution >= 0.6 is 0 Å². The van der Waals surface area contributed by atoms with Crippen molar-refractivity contribution in [2.75, 3.05) is 6.61 Å². The highest BCUT2D eigenvalue weighted by Gasteiger charge is 2.51. The molecule has 0 aliphatic carbocycles. The zero-order valence-electron chi connectivity index (χ0n) is 16.0. The van der Waals surface area contributed by atoms with Gasteiger partial charge in [0, 0.05) is 6.07 Å². The molecule has 1 aliphatic heterocycles. The number of nitrogens with zero attached hydrogens (tertiary/aromatic N) is 2. The number of aromatic nitrogens is 2. The van der Waals surface area contributed by atoms with Crippen molar-refractivity contribution < 1.29 is 14.0 Å². The first kappa shape index (κ1) is 18.7. The molecule has 1 fully saturated rings. The van der Waals surface area contributed by atoms with E-state index in [0.29, 0.717) is 13.2 Å². The minimum Gasteiger partial charge on any atom is -0.492 e. The molecule has 0 unspecified atom stereocenters. The number of aryl methyl sites for hydroxylation is 1. The Morgan fingerprint density at radius 2 is 1.65 bits per heavy atom. The fraction of sp³-hybridized carbons (Fsp3) is 0.474. The summed E-state index contributed by atoms with van der Waals surface area (Å²) in [5, 5.41) is 4.19. The van der Waals surface area contributed by atoms with E-state index in [1.165, 1.54) is 10.7 Å². The maximum Gasteiger partial charge on any atom is 0.494 e. The average Bonchev–Trinajstić information content (AvgIpc) is 2.79. The molecule has 0 atom stereocenters. The van der Waals surface area contributed by atoms with E-state index in [4.69, 9.17) is 14.0 Å². The van der Waals surface area contributed by atoms with Gasteiger partial charge in [-0.1, -0.05) is 12.1 Å². The van der Waals surface area contributed by atoms with Crippen molar-refractivity contribution >= 4 is 12.6 Å². The van der Waals surface area contributed by atoms with E-state index in [0.717, 1.165) is 16.9 Å². The van der Waals surface area contributed by atoms with Crippen molar-refractivity contribution in [3.8, 4) is 5.75 Å². The second kappa shape index (κ2) is 6.89. The number of ether oxygens (including phenoxy) is 1. The third-order valence-corrected chi connectivity index (χ3v) is 4.98. The van der Waals surface area contributed by atoms with Crippen LogP contribution in [-0.4, -0.2) is 34.7 Å². The summed E-state index contributed by atoms with van der Waals surface area (Å²) in [6.45, 7) is 10.8. The van der Waals surface area contributed by atoms with Crippen LogP contribution in [0.15, 0.2) is 41.2 Å². The average molecular weight is 356 g/mol. The van der Waals surface area contributed by atoms with Crippen LogP contribution in [0.5, 0.6) is 5.75 Å². The molecule has 3 rings (SSSR count). The second-order valence-electron chi connectivity index (χ2n) is 7.54. The molecule has 0 N–H and O–H groups in total. The van der Waals surface area contributed by atoms with Crippen molar-refractivity contribution in [2.45, 2.75) is 52.4 Å².